The molecule has 2 N–H and O–H groups in total. The van der Waals surface area contributed by atoms with E-state index in [2.05, 4.69) is 5.32 Å². The Morgan fingerprint density at radius 1 is 1.32 bits per heavy atom. The van der Waals surface area contributed by atoms with E-state index in [1.807, 2.05) is 19.1 Å². The zero-order valence-corrected chi connectivity index (χ0v) is 10.6. The summed E-state index contributed by atoms with van der Waals surface area (Å²) in [7, 11) is 0. The van der Waals surface area contributed by atoms with Crippen molar-refractivity contribution in [3.63, 3.8) is 0 Å². The summed E-state index contributed by atoms with van der Waals surface area (Å²) in [4.78, 5) is 23.8. The van der Waals surface area contributed by atoms with Gasteiger partial charge in [0, 0.05) is 5.69 Å². The number of nitriles is 1. The fourth-order valence-electron chi connectivity index (χ4n) is 1.52. The van der Waals surface area contributed by atoms with Crippen molar-refractivity contribution in [2.24, 2.45) is 0 Å². The molecule has 0 radical (unpaired) electrons. The highest BCUT2D eigenvalue weighted by Crippen LogP contribution is 2.14. The molecule has 19 heavy (non-hydrogen) atoms. The van der Waals surface area contributed by atoms with E-state index in [-0.39, 0.29) is 25.5 Å². The van der Waals surface area contributed by atoms with E-state index in [1.54, 1.807) is 18.2 Å². The molecular weight excluding hydrogens is 246 g/mol. The highest BCUT2D eigenvalue weighted by Gasteiger charge is 2.14. The lowest BCUT2D eigenvalue weighted by Crippen LogP contribution is -2.40. The molecule has 6 nitrogen and oxygen atoms in total. The topological polar surface area (TPSA) is 93.4 Å². The molecule has 0 heterocycles. The Labute approximate surface area is 111 Å². The summed E-state index contributed by atoms with van der Waals surface area (Å²) in [5, 5.41) is 19.6. The molecule has 0 saturated carbocycles. The zero-order valence-electron chi connectivity index (χ0n) is 10.6. The number of carboxylic acids is 1. The summed E-state index contributed by atoms with van der Waals surface area (Å²) < 4.78 is 0. The first-order valence-corrected chi connectivity index (χ1v) is 5.70. The van der Waals surface area contributed by atoms with Crippen molar-refractivity contribution in [3.05, 3.63) is 29.8 Å². The first kappa shape index (κ1) is 14.5. The number of aryl methyl sites for hydroxylation is 1. The van der Waals surface area contributed by atoms with Gasteiger partial charge in [-0.2, -0.15) is 5.26 Å². The number of nitrogens with zero attached hydrogens (tertiary/aromatic N) is 2. The number of benzene rings is 1. The van der Waals surface area contributed by atoms with Crippen LogP contribution in [0.5, 0.6) is 0 Å². The van der Waals surface area contributed by atoms with E-state index in [0.29, 0.717) is 5.69 Å². The number of hydrogen-bond donors (Lipinski definition) is 2. The van der Waals surface area contributed by atoms with E-state index >= 15 is 0 Å². The second-order valence-electron chi connectivity index (χ2n) is 4.02. The van der Waals surface area contributed by atoms with Crippen LogP contribution in [-0.4, -0.2) is 36.6 Å². The van der Waals surface area contributed by atoms with Gasteiger partial charge in [0.25, 0.3) is 0 Å². The monoisotopic (exact) mass is 261 g/mol. The molecular formula is C13H15N3O3. The first-order chi connectivity index (χ1) is 9.02. The van der Waals surface area contributed by atoms with E-state index in [1.165, 1.54) is 4.90 Å². The maximum atomic E-state index is 11.5. The number of anilines is 1. The molecule has 0 bridgehead atoms. The number of carbonyl (C=O) groups is 2. The molecule has 0 saturated heterocycles. The quantitative estimate of drug-likeness (QED) is 0.728. The van der Waals surface area contributed by atoms with Gasteiger partial charge >= 0.3 is 5.97 Å². The molecule has 1 amide bonds. The highest BCUT2D eigenvalue weighted by atomic mass is 16.4. The molecule has 0 fully saturated rings. The average molecular weight is 261 g/mol. The summed E-state index contributed by atoms with van der Waals surface area (Å²) in [6.45, 7) is 1.46. The predicted molar refractivity (Wildman–Crippen MR) is 69.7 cm³/mol. The van der Waals surface area contributed by atoms with Gasteiger partial charge in [-0.05, 0) is 19.1 Å². The van der Waals surface area contributed by atoms with Crippen molar-refractivity contribution in [3.8, 4) is 6.07 Å². The molecule has 0 spiro atoms. The first-order valence-electron chi connectivity index (χ1n) is 5.70. The van der Waals surface area contributed by atoms with Crippen LogP contribution >= 0.6 is 0 Å². The Bertz CT molecular complexity index is 491. The second kappa shape index (κ2) is 7.01. The maximum Gasteiger partial charge on any atom is 0.323 e. The van der Waals surface area contributed by atoms with Crippen molar-refractivity contribution in [1.29, 1.82) is 5.26 Å². The minimum absolute atomic E-state index is 0.0896. The largest absolute Gasteiger partial charge is 0.480 e. The third-order valence-corrected chi connectivity index (χ3v) is 2.42. The van der Waals surface area contributed by atoms with Crippen LogP contribution in [0.4, 0.5) is 5.69 Å². The van der Waals surface area contributed by atoms with Crippen LogP contribution in [0.15, 0.2) is 24.3 Å². The molecule has 100 valence electrons. The van der Waals surface area contributed by atoms with Gasteiger partial charge in [0.05, 0.1) is 12.6 Å². The Kier molecular flexibility index (Phi) is 5.35. The summed E-state index contributed by atoms with van der Waals surface area (Å²) in [6.07, 6.45) is 0. The van der Waals surface area contributed by atoms with Crippen molar-refractivity contribution in [1.82, 2.24) is 5.32 Å². The van der Waals surface area contributed by atoms with Gasteiger partial charge in [0.15, 0.2) is 0 Å². The lowest BCUT2D eigenvalue weighted by atomic mass is 10.2. The van der Waals surface area contributed by atoms with E-state index in [0.717, 1.165) is 5.56 Å². The molecule has 0 atom stereocenters. The molecule has 0 aliphatic heterocycles. The number of carboxylic acid groups (broad SMARTS) is 1. The Morgan fingerprint density at radius 2 is 1.95 bits per heavy atom. The van der Waals surface area contributed by atoms with Crippen LogP contribution in [0, 0.1) is 18.3 Å². The van der Waals surface area contributed by atoms with E-state index in [9.17, 15) is 9.59 Å². The molecule has 6 heteroatoms. The van der Waals surface area contributed by atoms with Crippen molar-refractivity contribution in [2.75, 3.05) is 24.5 Å². The van der Waals surface area contributed by atoms with Crippen LogP contribution in [0.25, 0.3) is 0 Å². The normalized spacial score (nSPS) is 9.47. The van der Waals surface area contributed by atoms with Gasteiger partial charge in [-0.15, -0.1) is 0 Å². The zero-order chi connectivity index (χ0) is 14.3. The predicted octanol–water partition coefficient (Wildman–Crippen LogP) is 0.526. The number of rotatable bonds is 6. The lowest BCUT2D eigenvalue weighted by Gasteiger charge is -2.22. The van der Waals surface area contributed by atoms with Gasteiger partial charge in [-0.25, -0.2) is 0 Å². The van der Waals surface area contributed by atoms with Gasteiger partial charge in [-0.1, -0.05) is 17.7 Å². The van der Waals surface area contributed by atoms with Crippen LogP contribution in [0.2, 0.25) is 0 Å². The Hall–Kier alpha value is -2.55. The minimum atomic E-state index is -1.02. The van der Waals surface area contributed by atoms with Gasteiger partial charge in [-0.3, -0.25) is 9.59 Å². The number of aliphatic carboxylic acids is 1. The van der Waals surface area contributed by atoms with Crippen LogP contribution in [0.1, 0.15) is 5.56 Å². The third kappa shape index (κ3) is 5.08. The molecule has 0 aliphatic carbocycles. The van der Waals surface area contributed by atoms with Crippen LogP contribution < -0.4 is 10.2 Å². The Balaban J connectivity index is 2.77. The summed E-state index contributed by atoms with van der Waals surface area (Å²) in [5.41, 5.74) is 1.70. The van der Waals surface area contributed by atoms with Gasteiger partial charge in [0.1, 0.15) is 13.1 Å². The van der Waals surface area contributed by atoms with Crippen LogP contribution in [-0.2, 0) is 9.59 Å². The summed E-state index contributed by atoms with van der Waals surface area (Å²) in [6, 6.07) is 9.00. The average Bonchev–Trinajstić information content (AvgIpc) is 2.36. The summed E-state index contributed by atoms with van der Waals surface area (Å²) in [5.74, 6) is -1.41. The molecule has 1 aromatic rings. The molecule has 0 aliphatic rings. The second-order valence-corrected chi connectivity index (χ2v) is 4.02. The van der Waals surface area contributed by atoms with E-state index < -0.39 is 5.97 Å². The molecule has 0 unspecified atom stereocenters. The van der Waals surface area contributed by atoms with Crippen LogP contribution in [0.3, 0.4) is 0 Å². The standard InChI is InChI=1S/C13H15N3O3/c1-10-2-4-11(5-3-10)16(9-13(18)19)8-12(17)15-7-6-14/h2-5H,7-9H2,1H3,(H,15,17)(H,18,19). The number of nitrogens with one attached hydrogen (secondary N) is 1. The number of hydrogen-bond acceptors (Lipinski definition) is 4. The summed E-state index contributed by atoms with van der Waals surface area (Å²) >= 11 is 0. The van der Waals surface area contributed by atoms with Gasteiger partial charge in [0.2, 0.25) is 5.91 Å². The molecule has 1 aromatic carbocycles. The fraction of sp³-hybridized carbons (Fsp3) is 0.308. The van der Waals surface area contributed by atoms with Gasteiger partial charge < -0.3 is 15.3 Å². The SMILES string of the molecule is Cc1ccc(N(CC(=O)O)CC(=O)NCC#N)cc1. The van der Waals surface area contributed by atoms with Crippen molar-refractivity contribution in [2.45, 2.75) is 6.92 Å². The highest BCUT2D eigenvalue weighted by molar-refractivity contribution is 5.84. The number of amides is 1. The molecule has 1 rings (SSSR count). The Morgan fingerprint density at radius 3 is 2.47 bits per heavy atom. The fourth-order valence-corrected chi connectivity index (χ4v) is 1.52. The third-order valence-electron chi connectivity index (χ3n) is 2.42. The lowest BCUT2D eigenvalue weighted by molar-refractivity contribution is -0.135. The van der Waals surface area contributed by atoms with Crippen molar-refractivity contribution >= 4 is 17.6 Å². The number of carbonyl (C=O) groups excluding carboxylic acids is 1. The van der Waals surface area contributed by atoms with E-state index in [4.69, 9.17) is 10.4 Å². The maximum absolute atomic E-state index is 11.5. The smallest absolute Gasteiger partial charge is 0.323 e. The molecule has 0 aromatic heterocycles. The van der Waals surface area contributed by atoms with Crippen molar-refractivity contribution < 1.29 is 14.7 Å². The minimum Gasteiger partial charge on any atom is -0.480 e.